The lowest BCUT2D eigenvalue weighted by atomic mass is 10.1. The van der Waals surface area contributed by atoms with Crippen LogP contribution in [0.15, 0.2) is 82.7 Å². The summed E-state index contributed by atoms with van der Waals surface area (Å²) in [6, 6.07) is 20.2. The van der Waals surface area contributed by atoms with E-state index in [9.17, 15) is 9.18 Å². The molecule has 0 radical (unpaired) electrons. The highest BCUT2D eigenvalue weighted by Crippen LogP contribution is 2.24. The maximum absolute atomic E-state index is 14.2. The monoisotopic (exact) mass is 466 g/mol. The number of para-hydroxylation sites is 1. The zero-order valence-electron chi connectivity index (χ0n) is 16.5. The fraction of sp³-hybridized carbons (Fsp3) is 0.0435. The van der Waals surface area contributed by atoms with E-state index in [1.807, 2.05) is 18.2 Å². The number of aromatic amines is 1. The summed E-state index contributed by atoms with van der Waals surface area (Å²) in [6.45, 7) is 0. The molecule has 0 saturated heterocycles. The summed E-state index contributed by atoms with van der Waals surface area (Å²) < 4.78 is 20.8. The molecule has 6 nitrogen and oxygen atoms in total. The first-order valence-corrected chi connectivity index (χ1v) is 10.3. The normalized spacial score (nSPS) is 11.1. The van der Waals surface area contributed by atoms with Gasteiger partial charge in [-0.25, -0.2) is 4.39 Å². The second-order valence-electron chi connectivity index (χ2n) is 6.75. The minimum atomic E-state index is -0.519. The van der Waals surface area contributed by atoms with Crippen molar-refractivity contribution >= 4 is 30.0 Å². The second kappa shape index (κ2) is 9.67. The predicted octanol–water partition coefficient (Wildman–Crippen LogP) is 5.36. The number of H-pyrrole nitrogens is 1. The third-order valence-corrected chi connectivity index (χ3v) is 4.97. The summed E-state index contributed by atoms with van der Waals surface area (Å²) in [7, 11) is 0. The van der Waals surface area contributed by atoms with E-state index in [4.69, 9.17) is 28.6 Å². The van der Waals surface area contributed by atoms with Crippen LogP contribution in [0.2, 0.25) is 5.02 Å². The summed E-state index contributed by atoms with van der Waals surface area (Å²) in [5, 5.41) is 11.5. The number of hydrogen-bond acceptors (Lipinski definition) is 5. The number of nitrogens with one attached hydrogen (secondary N) is 1. The van der Waals surface area contributed by atoms with Gasteiger partial charge in [0, 0.05) is 11.4 Å². The Labute approximate surface area is 192 Å². The van der Waals surface area contributed by atoms with E-state index < -0.39 is 11.4 Å². The molecule has 0 aliphatic carbocycles. The van der Waals surface area contributed by atoms with Crippen molar-refractivity contribution in [1.82, 2.24) is 14.9 Å². The molecule has 0 spiro atoms. The quantitative estimate of drug-likeness (QED) is 0.307. The molecule has 0 amide bonds. The molecule has 160 valence electrons. The van der Waals surface area contributed by atoms with Gasteiger partial charge in [0.15, 0.2) is 11.6 Å². The van der Waals surface area contributed by atoms with Gasteiger partial charge in [-0.15, -0.1) is 0 Å². The van der Waals surface area contributed by atoms with Crippen molar-refractivity contribution in [2.75, 3.05) is 0 Å². The number of hydrogen-bond donors (Lipinski definition) is 1. The highest BCUT2D eigenvalue weighted by Gasteiger charge is 2.09. The maximum atomic E-state index is 14.2. The van der Waals surface area contributed by atoms with Gasteiger partial charge in [-0.05, 0) is 59.7 Å². The van der Waals surface area contributed by atoms with Gasteiger partial charge in [-0.1, -0.05) is 48.0 Å². The largest absolute Gasteiger partial charge is 0.454 e. The molecular weight excluding hydrogens is 451 g/mol. The van der Waals surface area contributed by atoms with E-state index in [-0.39, 0.29) is 22.6 Å². The van der Waals surface area contributed by atoms with Crippen molar-refractivity contribution < 1.29 is 9.13 Å². The average Bonchev–Trinajstić information content (AvgIpc) is 2.80. The second-order valence-corrected chi connectivity index (χ2v) is 7.57. The molecule has 0 aliphatic rings. The van der Waals surface area contributed by atoms with Gasteiger partial charge in [0.1, 0.15) is 11.4 Å². The van der Waals surface area contributed by atoms with E-state index in [2.05, 4.69) is 15.3 Å². The molecule has 3 aromatic carbocycles. The lowest BCUT2D eigenvalue weighted by Gasteiger charge is -2.07. The molecule has 0 saturated carbocycles. The first-order chi connectivity index (χ1) is 15.5. The third-order valence-electron chi connectivity index (χ3n) is 4.45. The number of aromatic nitrogens is 3. The third kappa shape index (κ3) is 5.16. The highest BCUT2D eigenvalue weighted by atomic mass is 35.5. The first-order valence-electron chi connectivity index (χ1n) is 9.51. The van der Waals surface area contributed by atoms with Crippen LogP contribution in [0.3, 0.4) is 0 Å². The van der Waals surface area contributed by atoms with Gasteiger partial charge in [-0.2, -0.15) is 14.9 Å². The number of halogens is 2. The molecule has 0 bridgehead atoms. The van der Waals surface area contributed by atoms with E-state index in [0.29, 0.717) is 16.3 Å². The van der Waals surface area contributed by atoms with E-state index >= 15 is 0 Å². The smallest absolute Gasteiger partial charge is 0.297 e. The van der Waals surface area contributed by atoms with Crippen LogP contribution in [-0.2, 0) is 6.42 Å². The van der Waals surface area contributed by atoms with Crippen LogP contribution in [0.1, 0.15) is 16.8 Å². The van der Waals surface area contributed by atoms with Crippen LogP contribution in [0.5, 0.6) is 11.5 Å². The summed E-state index contributed by atoms with van der Waals surface area (Å²) in [4.78, 5) is 12.8. The fourth-order valence-corrected chi connectivity index (χ4v) is 3.16. The number of nitrogens with zero attached hydrogens (tertiary/aromatic N) is 3. The number of benzene rings is 3. The minimum absolute atomic E-state index is 0.0361. The SMILES string of the molecule is O=c1c(Cc2ccc(Cl)cc2)n[nH]c(=S)n1/N=C/c1ccc(F)c(Oc2ccccc2)c1. The van der Waals surface area contributed by atoms with Gasteiger partial charge >= 0.3 is 0 Å². The lowest BCUT2D eigenvalue weighted by molar-refractivity contribution is 0.442. The van der Waals surface area contributed by atoms with Crippen molar-refractivity contribution in [3.8, 4) is 11.5 Å². The van der Waals surface area contributed by atoms with Crippen molar-refractivity contribution in [3.05, 3.63) is 116 Å². The predicted molar refractivity (Wildman–Crippen MR) is 124 cm³/mol. The molecule has 4 rings (SSSR count). The molecule has 0 aliphatic heterocycles. The highest BCUT2D eigenvalue weighted by molar-refractivity contribution is 7.71. The van der Waals surface area contributed by atoms with Gasteiger partial charge < -0.3 is 4.74 Å². The first kappa shape index (κ1) is 21.6. The fourth-order valence-electron chi connectivity index (χ4n) is 2.86. The van der Waals surface area contributed by atoms with E-state index in [0.717, 1.165) is 10.2 Å². The number of ether oxygens (including phenoxy) is 1. The summed E-state index contributed by atoms with van der Waals surface area (Å²) in [6.07, 6.45) is 1.68. The van der Waals surface area contributed by atoms with Gasteiger partial charge in [0.25, 0.3) is 5.56 Å². The van der Waals surface area contributed by atoms with Gasteiger partial charge in [0.05, 0.1) is 6.21 Å². The van der Waals surface area contributed by atoms with Crippen molar-refractivity contribution in [3.63, 3.8) is 0 Å². The zero-order chi connectivity index (χ0) is 22.5. The molecular formula is C23H16ClFN4O2S. The number of rotatable bonds is 6. The van der Waals surface area contributed by atoms with Crippen LogP contribution in [-0.4, -0.2) is 21.1 Å². The van der Waals surface area contributed by atoms with Gasteiger partial charge in [-0.3, -0.25) is 9.89 Å². The van der Waals surface area contributed by atoms with Crippen LogP contribution in [0.25, 0.3) is 0 Å². The zero-order valence-corrected chi connectivity index (χ0v) is 18.1. The molecule has 0 unspecified atom stereocenters. The Morgan fingerprint density at radius 3 is 2.62 bits per heavy atom. The van der Waals surface area contributed by atoms with Crippen molar-refractivity contribution in [2.45, 2.75) is 6.42 Å². The van der Waals surface area contributed by atoms with Crippen LogP contribution < -0.4 is 10.3 Å². The maximum Gasteiger partial charge on any atom is 0.297 e. The molecule has 1 heterocycles. The molecule has 32 heavy (non-hydrogen) atoms. The Morgan fingerprint density at radius 1 is 1.12 bits per heavy atom. The Bertz CT molecular complexity index is 1390. The molecule has 4 aromatic rings. The summed E-state index contributed by atoms with van der Waals surface area (Å²) >= 11 is 11.1. The van der Waals surface area contributed by atoms with Crippen molar-refractivity contribution in [1.29, 1.82) is 0 Å². The lowest BCUT2D eigenvalue weighted by Crippen LogP contribution is -2.25. The summed E-state index contributed by atoms with van der Waals surface area (Å²) in [5.74, 6) is 0.0190. The van der Waals surface area contributed by atoms with E-state index in [1.165, 1.54) is 24.4 Å². The Kier molecular flexibility index (Phi) is 6.53. The molecule has 1 N–H and O–H groups in total. The van der Waals surface area contributed by atoms with Crippen LogP contribution >= 0.6 is 23.8 Å². The van der Waals surface area contributed by atoms with Crippen LogP contribution in [0.4, 0.5) is 4.39 Å². The Balaban J connectivity index is 1.60. The average molecular weight is 467 g/mol. The minimum Gasteiger partial charge on any atom is -0.454 e. The Morgan fingerprint density at radius 2 is 1.88 bits per heavy atom. The molecule has 1 aromatic heterocycles. The van der Waals surface area contributed by atoms with Crippen LogP contribution in [0, 0.1) is 10.6 Å². The molecule has 9 heteroatoms. The van der Waals surface area contributed by atoms with Crippen molar-refractivity contribution in [2.24, 2.45) is 5.10 Å². The molecule has 0 fully saturated rings. The van der Waals surface area contributed by atoms with Gasteiger partial charge in [0.2, 0.25) is 4.77 Å². The van der Waals surface area contributed by atoms with E-state index in [1.54, 1.807) is 36.4 Å². The molecule has 0 atom stereocenters. The Hall–Kier alpha value is -3.62. The summed E-state index contributed by atoms with van der Waals surface area (Å²) in [5.41, 5.74) is 1.17. The standard InChI is InChI=1S/C23H16ClFN4O2S/c24-17-9-6-15(7-10-17)12-20-22(30)29(23(32)28-27-20)26-14-16-8-11-19(25)21(13-16)31-18-4-2-1-3-5-18/h1-11,13-14H,12H2,(H,28,32)/b26-14+. The topological polar surface area (TPSA) is 72.3 Å².